The molecule has 7 rings (SSSR count). The first-order valence-electron chi connectivity index (χ1n) is 17.7. The van der Waals surface area contributed by atoms with E-state index < -0.39 is 0 Å². The highest BCUT2D eigenvalue weighted by molar-refractivity contribution is 6.11. The predicted octanol–water partition coefficient (Wildman–Crippen LogP) is 11.7. The SMILES string of the molecule is CC(C)(C)c1ccc2c(c1)c1cc(C(C)(C)C)ccc1n2-c1ncc(C#N)c(-n2c3ccc(C(C)(C)C)cc3c3cc(C(C)(C)C)ccc32)n1. The lowest BCUT2D eigenvalue weighted by molar-refractivity contribution is 0.590. The van der Waals surface area contributed by atoms with Crippen LogP contribution in [0.3, 0.4) is 0 Å². The normalized spacial score (nSPS) is 13.2. The summed E-state index contributed by atoms with van der Waals surface area (Å²) in [4.78, 5) is 10.2. The zero-order valence-electron chi connectivity index (χ0n) is 31.7. The van der Waals surface area contributed by atoms with Crippen molar-refractivity contribution in [2.24, 2.45) is 0 Å². The number of nitriles is 1. The Morgan fingerprint density at radius 3 is 1.10 bits per heavy atom. The average molecular weight is 660 g/mol. The molecule has 254 valence electrons. The van der Waals surface area contributed by atoms with Gasteiger partial charge in [-0.25, -0.2) is 4.98 Å². The zero-order chi connectivity index (χ0) is 36.1. The third-order valence-corrected chi connectivity index (χ3v) is 10.3. The van der Waals surface area contributed by atoms with Gasteiger partial charge in [0.1, 0.15) is 11.6 Å². The van der Waals surface area contributed by atoms with Crippen molar-refractivity contribution in [3.05, 3.63) is 107 Å². The molecule has 0 saturated heterocycles. The first-order valence-corrected chi connectivity index (χ1v) is 17.7. The minimum Gasteiger partial charge on any atom is -0.293 e. The fourth-order valence-electron chi connectivity index (χ4n) is 7.08. The van der Waals surface area contributed by atoms with Crippen LogP contribution in [-0.2, 0) is 21.7 Å². The molecule has 0 fully saturated rings. The second-order valence-electron chi connectivity index (χ2n) is 18.1. The Kier molecular flexibility index (Phi) is 7.40. The van der Waals surface area contributed by atoms with Crippen LogP contribution in [0.25, 0.3) is 55.4 Å². The van der Waals surface area contributed by atoms with Crippen LogP contribution in [0.1, 0.15) is 111 Å². The number of fused-ring (bicyclic) bond motifs is 6. The van der Waals surface area contributed by atoms with Gasteiger partial charge in [-0.2, -0.15) is 10.2 Å². The van der Waals surface area contributed by atoms with E-state index >= 15 is 0 Å². The molecule has 0 amide bonds. The van der Waals surface area contributed by atoms with Crippen LogP contribution in [0.4, 0.5) is 0 Å². The van der Waals surface area contributed by atoms with Gasteiger partial charge in [0.25, 0.3) is 0 Å². The van der Waals surface area contributed by atoms with Gasteiger partial charge in [0.2, 0.25) is 5.95 Å². The molecular weight excluding hydrogens is 611 g/mol. The van der Waals surface area contributed by atoms with Gasteiger partial charge in [-0.05, 0) is 92.4 Å². The molecule has 3 aromatic heterocycles. The monoisotopic (exact) mass is 659 g/mol. The summed E-state index contributed by atoms with van der Waals surface area (Å²) in [7, 11) is 0. The minimum atomic E-state index is -0.0135. The fourth-order valence-corrected chi connectivity index (χ4v) is 7.08. The van der Waals surface area contributed by atoms with Crippen molar-refractivity contribution in [3.63, 3.8) is 0 Å². The maximum absolute atomic E-state index is 10.5. The summed E-state index contributed by atoms with van der Waals surface area (Å²) in [6.07, 6.45) is 1.69. The van der Waals surface area contributed by atoms with Gasteiger partial charge < -0.3 is 0 Å². The van der Waals surface area contributed by atoms with Gasteiger partial charge in [0.05, 0.1) is 28.3 Å². The van der Waals surface area contributed by atoms with Crippen molar-refractivity contribution in [3.8, 4) is 17.8 Å². The van der Waals surface area contributed by atoms with Crippen LogP contribution in [0.15, 0.2) is 79.0 Å². The Labute approximate surface area is 296 Å². The molecule has 3 heterocycles. The van der Waals surface area contributed by atoms with E-state index in [0.29, 0.717) is 17.3 Å². The van der Waals surface area contributed by atoms with E-state index in [4.69, 9.17) is 9.97 Å². The van der Waals surface area contributed by atoms with Gasteiger partial charge in [-0.15, -0.1) is 0 Å². The maximum atomic E-state index is 10.5. The van der Waals surface area contributed by atoms with Gasteiger partial charge >= 0.3 is 0 Å². The zero-order valence-corrected chi connectivity index (χ0v) is 31.7. The number of rotatable bonds is 2. The largest absolute Gasteiger partial charge is 0.293 e. The highest BCUT2D eigenvalue weighted by Crippen LogP contribution is 2.40. The maximum Gasteiger partial charge on any atom is 0.236 e. The minimum absolute atomic E-state index is 0.00138. The van der Waals surface area contributed by atoms with E-state index in [1.165, 1.54) is 33.0 Å². The van der Waals surface area contributed by atoms with Crippen LogP contribution >= 0.6 is 0 Å². The molecular formula is C45H49N5. The fraction of sp³-hybridized carbons (Fsp3) is 0.356. The summed E-state index contributed by atoms with van der Waals surface area (Å²) in [6.45, 7) is 27.0. The van der Waals surface area contributed by atoms with Crippen LogP contribution in [-0.4, -0.2) is 19.1 Å². The number of hydrogen-bond acceptors (Lipinski definition) is 3. The van der Waals surface area contributed by atoms with Crippen LogP contribution in [0.2, 0.25) is 0 Å². The molecule has 0 bridgehead atoms. The molecule has 0 radical (unpaired) electrons. The Bertz CT molecular complexity index is 2380. The first kappa shape index (κ1) is 33.5. The topological polar surface area (TPSA) is 59.4 Å². The highest BCUT2D eigenvalue weighted by atomic mass is 15.2. The van der Waals surface area contributed by atoms with E-state index in [0.717, 1.165) is 32.8 Å². The van der Waals surface area contributed by atoms with Crippen molar-refractivity contribution in [1.82, 2.24) is 19.1 Å². The second-order valence-corrected chi connectivity index (χ2v) is 18.1. The molecule has 0 aliphatic carbocycles. The summed E-state index contributed by atoms with van der Waals surface area (Å²) in [6, 6.07) is 29.4. The smallest absolute Gasteiger partial charge is 0.236 e. The Hall–Kier alpha value is -4.95. The van der Waals surface area contributed by atoms with E-state index in [2.05, 4.69) is 171 Å². The molecule has 50 heavy (non-hydrogen) atoms. The third-order valence-electron chi connectivity index (χ3n) is 10.3. The van der Waals surface area contributed by atoms with Crippen molar-refractivity contribution >= 4 is 43.6 Å². The molecule has 7 aromatic rings. The van der Waals surface area contributed by atoms with Crippen LogP contribution in [0.5, 0.6) is 0 Å². The van der Waals surface area contributed by atoms with Crippen molar-refractivity contribution in [1.29, 1.82) is 5.26 Å². The van der Waals surface area contributed by atoms with Crippen LogP contribution in [0, 0.1) is 11.3 Å². The number of hydrogen-bond donors (Lipinski definition) is 0. The predicted molar refractivity (Wildman–Crippen MR) is 210 cm³/mol. The molecule has 0 aliphatic heterocycles. The van der Waals surface area contributed by atoms with Crippen molar-refractivity contribution in [2.75, 3.05) is 0 Å². The van der Waals surface area contributed by atoms with Crippen molar-refractivity contribution in [2.45, 2.75) is 105 Å². The molecule has 0 aliphatic rings. The highest BCUT2D eigenvalue weighted by Gasteiger charge is 2.25. The van der Waals surface area contributed by atoms with E-state index in [1.807, 2.05) is 0 Å². The van der Waals surface area contributed by atoms with E-state index in [9.17, 15) is 5.26 Å². The Morgan fingerprint density at radius 2 is 0.800 bits per heavy atom. The lowest BCUT2D eigenvalue weighted by atomic mass is 9.85. The number of nitrogens with zero attached hydrogens (tertiary/aromatic N) is 5. The van der Waals surface area contributed by atoms with Gasteiger partial charge in [-0.1, -0.05) is 107 Å². The van der Waals surface area contributed by atoms with Crippen molar-refractivity contribution < 1.29 is 0 Å². The number of aromatic nitrogens is 4. The summed E-state index contributed by atoms with van der Waals surface area (Å²) >= 11 is 0. The molecule has 0 spiro atoms. The standard InChI is InChI=1S/C45H49N5/c1-42(2,3)28-13-17-36-32(21-28)33-22-29(43(4,5)6)14-18-37(33)49(36)40-27(25-46)26-47-41(48-40)50-38-19-15-30(44(7,8)9)23-34(38)35-24-31(45(10,11)12)16-20-39(35)50/h13-24,26H,1-12H3. The second kappa shape index (κ2) is 11.0. The summed E-state index contributed by atoms with van der Waals surface area (Å²) in [5, 5.41) is 15.2. The van der Waals surface area contributed by atoms with Crippen LogP contribution < -0.4 is 0 Å². The quantitative estimate of drug-likeness (QED) is 0.186. The van der Waals surface area contributed by atoms with E-state index in [1.54, 1.807) is 6.20 Å². The number of benzene rings is 4. The first-order chi connectivity index (χ1) is 23.3. The molecule has 5 heteroatoms. The summed E-state index contributed by atoms with van der Waals surface area (Å²) in [5.41, 5.74) is 9.62. The lowest BCUT2D eigenvalue weighted by Gasteiger charge is -2.19. The third kappa shape index (κ3) is 5.46. The molecule has 4 aromatic carbocycles. The Balaban J connectivity index is 1.56. The van der Waals surface area contributed by atoms with Gasteiger partial charge in [0, 0.05) is 21.5 Å². The average Bonchev–Trinajstić information content (AvgIpc) is 3.54. The van der Waals surface area contributed by atoms with E-state index in [-0.39, 0.29) is 21.7 Å². The Morgan fingerprint density at radius 1 is 0.480 bits per heavy atom. The molecule has 0 saturated carbocycles. The molecule has 0 unspecified atom stereocenters. The van der Waals surface area contributed by atoms with Gasteiger partial charge in [-0.3, -0.25) is 9.13 Å². The molecule has 0 N–H and O–H groups in total. The van der Waals surface area contributed by atoms with Gasteiger partial charge in [0.15, 0.2) is 5.82 Å². The lowest BCUT2D eigenvalue weighted by Crippen LogP contribution is -2.11. The molecule has 5 nitrogen and oxygen atoms in total. The summed E-state index contributed by atoms with van der Waals surface area (Å²) in [5.74, 6) is 1.12. The molecule has 0 atom stereocenters. The summed E-state index contributed by atoms with van der Waals surface area (Å²) < 4.78 is 4.33.